The zero-order chi connectivity index (χ0) is 18.9. The van der Waals surface area contributed by atoms with Crippen molar-refractivity contribution in [3.63, 3.8) is 0 Å². The molecule has 1 saturated heterocycles. The van der Waals surface area contributed by atoms with Gasteiger partial charge < -0.3 is 10.1 Å². The monoisotopic (exact) mass is 377 g/mol. The average Bonchev–Trinajstić information content (AvgIpc) is 3.19. The van der Waals surface area contributed by atoms with Gasteiger partial charge in [0, 0.05) is 11.4 Å². The zero-order valence-electron chi connectivity index (χ0n) is 15.1. The molecule has 1 unspecified atom stereocenters. The van der Waals surface area contributed by atoms with E-state index in [1.165, 1.54) is 0 Å². The Morgan fingerprint density at radius 1 is 1.31 bits per heavy atom. The number of sulfone groups is 1. The molecule has 0 saturated carbocycles. The fourth-order valence-corrected chi connectivity index (χ4v) is 4.77. The Morgan fingerprint density at radius 2 is 2.00 bits per heavy atom. The number of carbonyl (C=O) groups excluding carboxylic acids is 1. The largest absolute Gasteiger partial charge is 0.497 e. The second kappa shape index (κ2) is 7.11. The summed E-state index contributed by atoms with van der Waals surface area (Å²) in [6.07, 6.45) is 0.531. The summed E-state index contributed by atoms with van der Waals surface area (Å²) in [7, 11) is -1.45. The summed E-state index contributed by atoms with van der Waals surface area (Å²) >= 11 is 0. The predicted octanol–water partition coefficient (Wildman–Crippen LogP) is 2.63. The summed E-state index contributed by atoms with van der Waals surface area (Å²) in [5.41, 5.74) is 1.79. The fourth-order valence-electron chi connectivity index (χ4n) is 3.08. The maximum absolute atomic E-state index is 12.6. The van der Waals surface area contributed by atoms with Gasteiger partial charge in [0.1, 0.15) is 5.75 Å². The summed E-state index contributed by atoms with van der Waals surface area (Å²) < 4.78 is 30.4. The van der Waals surface area contributed by atoms with Crippen LogP contribution in [-0.4, -0.2) is 42.7 Å². The Bertz CT molecular complexity index is 901. The molecule has 1 amide bonds. The predicted molar refractivity (Wildman–Crippen MR) is 99.6 cm³/mol. The molecule has 0 bridgehead atoms. The average molecular weight is 377 g/mol. The molecule has 1 atom stereocenters. The quantitative estimate of drug-likeness (QED) is 0.865. The molecule has 0 radical (unpaired) electrons. The van der Waals surface area contributed by atoms with Crippen LogP contribution >= 0.6 is 0 Å². The second-order valence-electron chi connectivity index (χ2n) is 6.79. The SMILES string of the molecule is COc1ccc(NC(=O)c2cc(C(C)C)n(C3CCS(=O)(=O)C3)n2)cc1. The summed E-state index contributed by atoms with van der Waals surface area (Å²) in [5.74, 6) is 0.762. The van der Waals surface area contributed by atoms with Crippen LogP contribution in [0.5, 0.6) is 5.75 Å². The van der Waals surface area contributed by atoms with Crippen molar-refractivity contribution in [1.29, 1.82) is 0 Å². The molecule has 1 N–H and O–H groups in total. The molecule has 1 aliphatic rings. The van der Waals surface area contributed by atoms with Crippen LogP contribution in [0.1, 0.15) is 48.4 Å². The Hall–Kier alpha value is -2.35. The zero-order valence-corrected chi connectivity index (χ0v) is 15.9. The first-order chi connectivity index (χ1) is 12.3. The lowest BCUT2D eigenvalue weighted by molar-refractivity contribution is 0.102. The van der Waals surface area contributed by atoms with Gasteiger partial charge in [-0.2, -0.15) is 5.10 Å². The molecule has 0 aliphatic carbocycles. The summed E-state index contributed by atoms with van der Waals surface area (Å²) in [5, 5.41) is 7.23. The summed E-state index contributed by atoms with van der Waals surface area (Å²) in [4.78, 5) is 12.6. The van der Waals surface area contributed by atoms with E-state index in [0.29, 0.717) is 17.9 Å². The van der Waals surface area contributed by atoms with Crippen LogP contribution < -0.4 is 10.1 Å². The van der Waals surface area contributed by atoms with Gasteiger partial charge in [-0.3, -0.25) is 9.48 Å². The third-order valence-corrected chi connectivity index (χ3v) is 6.24. The Kier molecular flexibility index (Phi) is 5.04. The van der Waals surface area contributed by atoms with Crippen molar-refractivity contribution in [2.24, 2.45) is 0 Å². The van der Waals surface area contributed by atoms with Crippen molar-refractivity contribution < 1.29 is 17.9 Å². The van der Waals surface area contributed by atoms with Gasteiger partial charge in [-0.25, -0.2) is 8.42 Å². The number of nitrogens with zero attached hydrogens (tertiary/aromatic N) is 2. The number of ether oxygens (including phenoxy) is 1. The Labute approximate surface area is 153 Å². The number of nitrogens with one attached hydrogen (secondary N) is 1. The summed E-state index contributed by atoms with van der Waals surface area (Å²) in [6, 6.07) is 8.56. The second-order valence-corrected chi connectivity index (χ2v) is 9.02. The van der Waals surface area contributed by atoms with Crippen LogP contribution in [0, 0.1) is 0 Å². The normalized spacial score (nSPS) is 18.8. The first-order valence-corrected chi connectivity index (χ1v) is 10.4. The Balaban J connectivity index is 1.83. The van der Waals surface area contributed by atoms with Crippen LogP contribution in [0.15, 0.2) is 30.3 Å². The van der Waals surface area contributed by atoms with Gasteiger partial charge in [0.05, 0.1) is 24.7 Å². The molecular weight excluding hydrogens is 354 g/mol. The molecule has 1 fully saturated rings. The molecule has 140 valence electrons. The number of aromatic nitrogens is 2. The van der Waals surface area contributed by atoms with Gasteiger partial charge in [0.2, 0.25) is 0 Å². The minimum atomic E-state index is -3.03. The molecule has 2 heterocycles. The van der Waals surface area contributed by atoms with Crippen LogP contribution in [-0.2, 0) is 9.84 Å². The van der Waals surface area contributed by atoms with E-state index < -0.39 is 9.84 Å². The highest BCUT2D eigenvalue weighted by Crippen LogP contribution is 2.28. The maximum atomic E-state index is 12.6. The van der Waals surface area contributed by atoms with E-state index in [0.717, 1.165) is 5.69 Å². The molecular formula is C18H23N3O4S. The molecule has 26 heavy (non-hydrogen) atoms. The van der Waals surface area contributed by atoms with E-state index in [9.17, 15) is 13.2 Å². The first kappa shape index (κ1) is 18.4. The molecule has 2 aromatic rings. The lowest BCUT2D eigenvalue weighted by atomic mass is 10.1. The number of amides is 1. The van der Waals surface area contributed by atoms with E-state index in [1.807, 2.05) is 13.8 Å². The molecule has 0 spiro atoms. The number of methoxy groups -OCH3 is 1. The minimum Gasteiger partial charge on any atom is -0.497 e. The highest BCUT2D eigenvalue weighted by molar-refractivity contribution is 7.91. The van der Waals surface area contributed by atoms with Crippen molar-refractivity contribution >= 4 is 21.4 Å². The maximum Gasteiger partial charge on any atom is 0.276 e. The summed E-state index contributed by atoms with van der Waals surface area (Å²) in [6.45, 7) is 4.00. The number of anilines is 1. The van der Waals surface area contributed by atoms with Gasteiger partial charge in [-0.15, -0.1) is 0 Å². The van der Waals surface area contributed by atoms with Crippen LogP contribution in [0.4, 0.5) is 5.69 Å². The smallest absolute Gasteiger partial charge is 0.276 e. The van der Waals surface area contributed by atoms with Gasteiger partial charge in [0.25, 0.3) is 5.91 Å². The lowest BCUT2D eigenvalue weighted by Crippen LogP contribution is -2.17. The third kappa shape index (κ3) is 3.90. The first-order valence-electron chi connectivity index (χ1n) is 8.54. The molecule has 1 aliphatic heterocycles. The highest BCUT2D eigenvalue weighted by Gasteiger charge is 2.32. The van der Waals surface area contributed by atoms with Gasteiger partial charge in [0.15, 0.2) is 15.5 Å². The number of hydrogen-bond donors (Lipinski definition) is 1. The highest BCUT2D eigenvalue weighted by atomic mass is 32.2. The van der Waals surface area contributed by atoms with Gasteiger partial charge in [-0.1, -0.05) is 13.8 Å². The number of rotatable bonds is 5. The minimum absolute atomic E-state index is 0.0773. The van der Waals surface area contributed by atoms with Crippen molar-refractivity contribution in [2.45, 2.75) is 32.2 Å². The van der Waals surface area contributed by atoms with Crippen molar-refractivity contribution in [1.82, 2.24) is 9.78 Å². The molecule has 7 nitrogen and oxygen atoms in total. The van der Waals surface area contributed by atoms with Crippen molar-refractivity contribution in [3.05, 3.63) is 41.7 Å². The third-order valence-electron chi connectivity index (χ3n) is 4.49. The van der Waals surface area contributed by atoms with E-state index in [-0.39, 0.29) is 35.1 Å². The van der Waals surface area contributed by atoms with Crippen LogP contribution in [0.2, 0.25) is 0 Å². The standard InChI is InChI=1S/C18H23N3O4S/c1-12(2)17-10-16(20-21(17)14-8-9-26(23,24)11-14)18(22)19-13-4-6-15(25-3)7-5-13/h4-7,10,12,14H,8-9,11H2,1-3H3,(H,19,22). The van der Waals surface area contributed by atoms with E-state index in [2.05, 4.69) is 10.4 Å². The molecule has 1 aromatic carbocycles. The van der Waals surface area contributed by atoms with E-state index in [1.54, 1.807) is 42.1 Å². The number of benzene rings is 1. The van der Waals surface area contributed by atoms with Gasteiger partial charge in [-0.05, 0) is 42.7 Å². The van der Waals surface area contributed by atoms with Crippen molar-refractivity contribution in [3.8, 4) is 5.75 Å². The topological polar surface area (TPSA) is 90.3 Å². The lowest BCUT2D eigenvalue weighted by Gasteiger charge is -2.15. The van der Waals surface area contributed by atoms with Crippen LogP contribution in [0.3, 0.4) is 0 Å². The van der Waals surface area contributed by atoms with E-state index >= 15 is 0 Å². The molecule has 3 rings (SSSR count). The van der Waals surface area contributed by atoms with Gasteiger partial charge >= 0.3 is 0 Å². The van der Waals surface area contributed by atoms with E-state index in [4.69, 9.17) is 4.74 Å². The Morgan fingerprint density at radius 3 is 2.54 bits per heavy atom. The van der Waals surface area contributed by atoms with Crippen molar-refractivity contribution in [2.75, 3.05) is 23.9 Å². The number of hydrogen-bond acceptors (Lipinski definition) is 5. The number of carbonyl (C=O) groups is 1. The molecule has 1 aromatic heterocycles. The fraction of sp³-hybridized carbons (Fsp3) is 0.444. The van der Waals surface area contributed by atoms with Crippen LogP contribution in [0.25, 0.3) is 0 Å². The molecule has 8 heteroatoms.